The van der Waals surface area contributed by atoms with Crippen molar-refractivity contribution < 1.29 is 4.79 Å². The van der Waals surface area contributed by atoms with Gasteiger partial charge in [0.2, 0.25) is 10.3 Å². The molecular weight excluding hydrogens is 338 g/mol. The van der Waals surface area contributed by atoms with Crippen LogP contribution >= 0.6 is 23.3 Å². The Kier molecular flexibility index (Phi) is 5.61. The lowest BCUT2D eigenvalue weighted by molar-refractivity contribution is 0.101. The molecule has 4 nitrogen and oxygen atoms in total. The Morgan fingerprint density at radius 3 is 2.62 bits per heavy atom. The number of benzene rings is 2. The normalized spacial score (nSPS) is 10.5. The molecule has 0 aliphatic carbocycles. The maximum absolute atomic E-state index is 12.1. The van der Waals surface area contributed by atoms with E-state index in [1.165, 1.54) is 17.1 Å². The molecule has 0 fully saturated rings. The fraction of sp³-hybridized carbons (Fsp3) is 0.167. The van der Waals surface area contributed by atoms with Crippen molar-refractivity contribution in [2.75, 3.05) is 11.9 Å². The third kappa shape index (κ3) is 4.66. The summed E-state index contributed by atoms with van der Waals surface area (Å²) >= 11 is 2.87. The smallest absolute Gasteiger partial charge is 0.203 e. The fourth-order valence-corrected chi connectivity index (χ4v) is 3.55. The lowest BCUT2D eigenvalue weighted by Gasteiger charge is -2.02. The lowest BCUT2D eigenvalue weighted by Crippen LogP contribution is -2.13. The highest BCUT2D eigenvalue weighted by Crippen LogP contribution is 2.23. The zero-order chi connectivity index (χ0) is 16.8. The second-order valence-corrected chi connectivity index (χ2v) is 6.99. The first kappa shape index (κ1) is 16.7. The van der Waals surface area contributed by atoms with Crippen molar-refractivity contribution in [2.24, 2.45) is 0 Å². The van der Waals surface area contributed by atoms with E-state index in [0.717, 1.165) is 16.5 Å². The summed E-state index contributed by atoms with van der Waals surface area (Å²) < 4.78 is 4.31. The van der Waals surface area contributed by atoms with Gasteiger partial charge in [-0.15, -0.1) is 0 Å². The van der Waals surface area contributed by atoms with Crippen LogP contribution in [0.5, 0.6) is 0 Å². The highest BCUT2D eigenvalue weighted by atomic mass is 32.2. The van der Waals surface area contributed by atoms with Crippen LogP contribution in [-0.2, 0) is 5.75 Å². The average Bonchev–Trinajstić information content (AvgIpc) is 3.07. The molecule has 1 aromatic heterocycles. The summed E-state index contributed by atoms with van der Waals surface area (Å²) in [7, 11) is 0. The van der Waals surface area contributed by atoms with Crippen molar-refractivity contribution >= 4 is 34.2 Å². The molecule has 1 N–H and O–H groups in total. The Labute approximate surface area is 149 Å². The zero-order valence-corrected chi connectivity index (χ0v) is 14.9. The van der Waals surface area contributed by atoms with E-state index in [2.05, 4.69) is 26.8 Å². The largest absolute Gasteiger partial charge is 0.353 e. The molecule has 122 valence electrons. The number of thioether (sulfide) groups is 1. The first-order chi connectivity index (χ1) is 11.7. The molecule has 0 spiro atoms. The van der Waals surface area contributed by atoms with Crippen LogP contribution in [0.2, 0.25) is 0 Å². The Hall–Kier alpha value is -2.18. The second-order valence-electron chi connectivity index (χ2n) is 5.30. The minimum absolute atomic E-state index is 0.0451. The molecule has 0 aliphatic heterocycles. The van der Waals surface area contributed by atoms with E-state index in [0.29, 0.717) is 10.7 Å². The zero-order valence-electron chi connectivity index (χ0n) is 13.2. The van der Waals surface area contributed by atoms with Crippen LogP contribution in [0, 0.1) is 6.92 Å². The number of anilines is 1. The maximum atomic E-state index is 12.1. The molecule has 0 aliphatic rings. The minimum Gasteiger partial charge on any atom is -0.353 e. The molecule has 3 rings (SSSR count). The van der Waals surface area contributed by atoms with Gasteiger partial charge in [0.05, 0.1) is 6.54 Å². The van der Waals surface area contributed by atoms with Gasteiger partial charge in [-0.25, -0.2) is 0 Å². The quantitative estimate of drug-likeness (QED) is 0.502. The number of hydrogen-bond donors (Lipinski definition) is 1. The monoisotopic (exact) mass is 355 g/mol. The van der Waals surface area contributed by atoms with Crippen molar-refractivity contribution in [1.82, 2.24) is 9.36 Å². The van der Waals surface area contributed by atoms with Gasteiger partial charge in [0.1, 0.15) is 0 Å². The first-order valence-corrected chi connectivity index (χ1v) is 9.31. The van der Waals surface area contributed by atoms with E-state index in [-0.39, 0.29) is 12.3 Å². The van der Waals surface area contributed by atoms with Crippen LogP contribution in [-0.4, -0.2) is 21.7 Å². The minimum atomic E-state index is 0.0451. The predicted molar refractivity (Wildman–Crippen MR) is 99.9 cm³/mol. The van der Waals surface area contributed by atoms with Crippen molar-refractivity contribution in [3.05, 3.63) is 71.3 Å². The molecule has 0 amide bonds. The number of nitrogens with zero attached hydrogens (tertiary/aromatic N) is 2. The van der Waals surface area contributed by atoms with Crippen molar-refractivity contribution in [3.8, 4) is 0 Å². The molecule has 0 saturated heterocycles. The Balaban J connectivity index is 1.50. The Morgan fingerprint density at radius 2 is 1.88 bits per heavy atom. The molecular formula is C18H17N3OS2. The summed E-state index contributed by atoms with van der Waals surface area (Å²) in [6.07, 6.45) is 0. The molecule has 0 saturated carbocycles. The fourth-order valence-electron chi connectivity index (χ4n) is 2.06. The molecule has 0 atom stereocenters. The number of carbonyl (C=O) groups is 1. The standard InChI is InChI=1S/C18H17N3OS2/c1-13-7-9-15(10-8-13)16(22)11-19-17-20-18(21-24-17)23-12-14-5-3-2-4-6-14/h2-10H,11-12H2,1H3,(H,19,20,21). The third-order valence-corrected chi connectivity index (χ3v) is 5.10. The number of hydrogen-bond acceptors (Lipinski definition) is 6. The van der Waals surface area contributed by atoms with Gasteiger partial charge >= 0.3 is 0 Å². The van der Waals surface area contributed by atoms with Crippen molar-refractivity contribution in [3.63, 3.8) is 0 Å². The summed E-state index contributed by atoms with van der Waals surface area (Å²) in [4.78, 5) is 16.5. The van der Waals surface area contributed by atoms with E-state index in [1.54, 1.807) is 11.8 Å². The summed E-state index contributed by atoms with van der Waals surface area (Å²) in [5.41, 5.74) is 3.08. The summed E-state index contributed by atoms with van der Waals surface area (Å²) in [6, 6.07) is 17.8. The van der Waals surface area contributed by atoms with E-state index in [4.69, 9.17) is 0 Å². The van der Waals surface area contributed by atoms with Crippen molar-refractivity contribution in [1.29, 1.82) is 0 Å². The maximum Gasteiger partial charge on any atom is 0.203 e. The predicted octanol–water partition coefficient (Wildman–Crippen LogP) is 4.43. The molecule has 1 heterocycles. The summed E-state index contributed by atoms with van der Waals surface area (Å²) in [6.45, 7) is 2.23. The van der Waals surface area contributed by atoms with Gasteiger partial charge in [0, 0.05) is 22.8 Å². The van der Waals surface area contributed by atoms with Gasteiger partial charge in [0.25, 0.3) is 0 Å². The molecule has 0 unspecified atom stereocenters. The molecule has 6 heteroatoms. The van der Waals surface area contributed by atoms with Crippen LogP contribution in [0.3, 0.4) is 0 Å². The molecule has 0 radical (unpaired) electrons. The second kappa shape index (κ2) is 8.08. The number of aromatic nitrogens is 2. The molecule has 24 heavy (non-hydrogen) atoms. The summed E-state index contributed by atoms with van der Waals surface area (Å²) in [5, 5.41) is 4.46. The van der Waals surface area contributed by atoms with Crippen molar-refractivity contribution in [2.45, 2.75) is 17.8 Å². The van der Waals surface area contributed by atoms with Gasteiger partial charge in [0.15, 0.2) is 5.78 Å². The topological polar surface area (TPSA) is 54.9 Å². The number of nitrogens with one attached hydrogen (secondary N) is 1. The number of rotatable bonds is 7. The van der Waals surface area contributed by atoms with Crippen LogP contribution in [0.1, 0.15) is 21.5 Å². The van der Waals surface area contributed by atoms with Gasteiger partial charge in [-0.1, -0.05) is 71.9 Å². The molecule has 3 aromatic rings. The van der Waals surface area contributed by atoms with E-state index < -0.39 is 0 Å². The lowest BCUT2D eigenvalue weighted by atomic mass is 10.1. The van der Waals surface area contributed by atoms with Crippen LogP contribution < -0.4 is 5.32 Å². The Morgan fingerprint density at radius 1 is 1.12 bits per heavy atom. The molecule has 0 bridgehead atoms. The van der Waals surface area contributed by atoms with Crippen LogP contribution in [0.4, 0.5) is 5.13 Å². The van der Waals surface area contributed by atoms with E-state index >= 15 is 0 Å². The van der Waals surface area contributed by atoms with Gasteiger partial charge in [-0.05, 0) is 12.5 Å². The van der Waals surface area contributed by atoms with Gasteiger partial charge < -0.3 is 5.32 Å². The average molecular weight is 355 g/mol. The highest BCUT2D eigenvalue weighted by molar-refractivity contribution is 7.98. The number of ketones is 1. The number of aryl methyl sites for hydroxylation is 1. The number of Topliss-reactive ketones (excluding diaryl/α,β-unsaturated/α-hetero) is 1. The first-order valence-electron chi connectivity index (χ1n) is 7.55. The highest BCUT2D eigenvalue weighted by Gasteiger charge is 2.08. The van der Waals surface area contributed by atoms with Crippen LogP contribution in [0.15, 0.2) is 59.8 Å². The van der Waals surface area contributed by atoms with E-state index in [9.17, 15) is 4.79 Å². The third-order valence-electron chi connectivity index (χ3n) is 3.39. The number of carbonyl (C=O) groups excluding carboxylic acids is 1. The van der Waals surface area contributed by atoms with Gasteiger partial charge in [-0.2, -0.15) is 9.36 Å². The van der Waals surface area contributed by atoms with E-state index in [1.807, 2.05) is 49.4 Å². The van der Waals surface area contributed by atoms with Gasteiger partial charge in [-0.3, -0.25) is 4.79 Å². The summed E-state index contributed by atoms with van der Waals surface area (Å²) in [5.74, 6) is 0.878. The van der Waals surface area contributed by atoms with Crippen LogP contribution in [0.25, 0.3) is 0 Å². The molecule has 2 aromatic carbocycles. The Bertz CT molecular complexity index is 801. The SMILES string of the molecule is Cc1ccc(C(=O)CNc2nc(SCc3ccccc3)ns2)cc1.